The molecule has 0 fully saturated rings. The highest BCUT2D eigenvalue weighted by Gasteiger charge is 2.20. The Balaban J connectivity index is 1.60. The quantitative estimate of drug-likeness (QED) is 0.522. The summed E-state index contributed by atoms with van der Waals surface area (Å²) in [5.41, 5.74) is 3.10. The lowest BCUT2D eigenvalue weighted by Gasteiger charge is -2.08. The number of ketones is 1. The molecule has 130 valence electrons. The summed E-state index contributed by atoms with van der Waals surface area (Å²) in [6.07, 6.45) is 0. The van der Waals surface area contributed by atoms with Gasteiger partial charge in [0.1, 0.15) is 5.52 Å². The molecular weight excluding hydrogens is 342 g/mol. The average molecular weight is 355 g/mol. The van der Waals surface area contributed by atoms with Gasteiger partial charge in [-0.15, -0.1) is 10.2 Å². The van der Waals surface area contributed by atoms with Crippen LogP contribution in [-0.2, 0) is 0 Å². The van der Waals surface area contributed by atoms with E-state index in [9.17, 15) is 4.79 Å². The van der Waals surface area contributed by atoms with Crippen LogP contribution in [-0.4, -0.2) is 27.8 Å². The van der Waals surface area contributed by atoms with Gasteiger partial charge in [-0.25, -0.2) is 4.98 Å². The van der Waals surface area contributed by atoms with E-state index in [1.165, 1.54) is 0 Å². The lowest BCUT2D eigenvalue weighted by atomic mass is 9.97. The zero-order chi connectivity index (χ0) is 18.2. The van der Waals surface area contributed by atoms with Crippen molar-refractivity contribution in [3.05, 3.63) is 77.9 Å². The SMILES string of the molecule is O=C(c1ccc2c(c1)OCO2)c1ccccc1-c1nnc2ccccc2n1. The largest absolute Gasteiger partial charge is 0.454 e. The molecule has 0 bridgehead atoms. The summed E-state index contributed by atoms with van der Waals surface area (Å²) in [7, 11) is 0. The van der Waals surface area contributed by atoms with Crippen molar-refractivity contribution in [2.45, 2.75) is 0 Å². The molecule has 1 aromatic heterocycles. The molecule has 1 aliphatic rings. The van der Waals surface area contributed by atoms with E-state index in [4.69, 9.17) is 9.47 Å². The smallest absolute Gasteiger partial charge is 0.231 e. The summed E-state index contributed by atoms with van der Waals surface area (Å²) in [6.45, 7) is 0.167. The molecular formula is C21H13N3O3. The predicted molar refractivity (Wildman–Crippen MR) is 98.8 cm³/mol. The number of nitrogens with zero attached hydrogens (tertiary/aromatic N) is 3. The van der Waals surface area contributed by atoms with Gasteiger partial charge in [-0.1, -0.05) is 36.4 Å². The van der Waals surface area contributed by atoms with E-state index in [1.54, 1.807) is 24.3 Å². The first-order chi connectivity index (χ1) is 13.3. The molecule has 0 aliphatic carbocycles. The Bertz CT molecular complexity index is 1190. The molecule has 6 nitrogen and oxygen atoms in total. The van der Waals surface area contributed by atoms with E-state index in [1.807, 2.05) is 42.5 Å². The van der Waals surface area contributed by atoms with E-state index in [0.29, 0.717) is 39.5 Å². The zero-order valence-corrected chi connectivity index (χ0v) is 14.1. The maximum absolute atomic E-state index is 13.1. The molecule has 0 N–H and O–H groups in total. The molecule has 4 aromatic rings. The number of carbonyl (C=O) groups is 1. The van der Waals surface area contributed by atoms with Crippen molar-refractivity contribution in [1.29, 1.82) is 0 Å². The third kappa shape index (κ3) is 2.67. The van der Waals surface area contributed by atoms with Gasteiger partial charge in [0, 0.05) is 16.7 Å². The van der Waals surface area contributed by atoms with Crippen molar-refractivity contribution >= 4 is 16.8 Å². The molecule has 0 radical (unpaired) electrons. The van der Waals surface area contributed by atoms with Gasteiger partial charge in [0.15, 0.2) is 23.1 Å². The van der Waals surface area contributed by atoms with Crippen LogP contribution in [0.25, 0.3) is 22.4 Å². The molecule has 0 saturated heterocycles. The van der Waals surface area contributed by atoms with Crippen LogP contribution < -0.4 is 9.47 Å². The van der Waals surface area contributed by atoms with Crippen molar-refractivity contribution in [3.63, 3.8) is 0 Å². The van der Waals surface area contributed by atoms with E-state index >= 15 is 0 Å². The number of benzene rings is 3. The summed E-state index contributed by atoms with van der Waals surface area (Å²) in [4.78, 5) is 17.7. The molecule has 0 spiro atoms. The zero-order valence-electron chi connectivity index (χ0n) is 14.1. The highest BCUT2D eigenvalue weighted by atomic mass is 16.7. The minimum absolute atomic E-state index is 0.138. The molecule has 2 heterocycles. The van der Waals surface area contributed by atoms with Crippen molar-refractivity contribution in [2.75, 3.05) is 6.79 Å². The number of ether oxygens (including phenoxy) is 2. The fraction of sp³-hybridized carbons (Fsp3) is 0.0476. The first kappa shape index (κ1) is 15.5. The first-order valence-corrected chi connectivity index (χ1v) is 8.43. The summed E-state index contributed by atoms with van der Waals surface area (Å²) < 4.78 is 10.7. The molecule has 0 atom stereocenters. The Labute approximate surface area is 154 Å². The maximum atomic E-state index is 13.1. The highest BCUT2D eigenvalue weighted by Crippen LogP contribution is 2.34. The maximum Gasteiger partial charge on any atom is 0.231 e. The number of fused-ring (bicyclic) bond motifs is 2. The number of hydrogen-bond acceptors (Lipinski definition) is 6. The van der Waals surface area contributed by atoms with Crippen LogP contribution in [0.5, 0.6) is 11.5 Å². The van der Waals surface area contributed by atoms with Gasteiger partial charge >= 0.3 is 0 Å². The minimum Gasteiger partial charge on any atom is -0.454 e. The van der Waals surface area contributed by atoms with Gasteiger partial charge in [-0.3, -0.25) is 4.79 Å². The van der Waals surface area contributed by atoms with Crippen LogP contribution >= 0.6 is 0 Å². The van der Waals surface area contributed by atoms with Gasteiger partial charge in [0.25, 0.3) is 0 Å². The van der Waals surface area contributed by atoms with Crippen LogP contribution in [0.2, 0.25) is 0 Å². The third-order valence-electron chi connectivity index (χ3n) is 4.41. The second kappa shape index (κ2) is 6.17. The molecule has 0 saturated carbocycles. The second-order valence-electron chi connectivity index (χ2n) is 6.07. The predicted octanol–water partition coefficient (Wildman–Crippen LogP) is 3.65. The van der Waals surface area contributed by atoms with E-state index in [0.717, 1.165) is 5.52 Å². The highest BCUT2D eigenvalue weighted by molar-refractivity contribution is 6.12. The Kier molecular flexibility index (Phi) is 3.53. The Hall–Kier alpha value is -3.80. The molecule has 0 unspecified atom stereocenters. The first-order valence-electron chi connectivity index (χ1n) is 8.43. The van der Waals surface area contributed by atoms with Crippen molar-refractivity contribution < 1.29 is 14.3 Å². The van der Waals surface area contributed by atoms with E-state index in [2.05, 4.69) is 15.2 Å². The summed E-state index contributed by atoms with van der Waals surface area (Å²) in [5, 5.41) is 8.43. The molecule has 0 amide bonds. The van der Waals surface area contributed by atoms with Gasteiger partial charge in [-0.2, -0.15) is 0 Å². The Morgan fingerprint density at radius 3 is 2.52 bits per heavy atom. The van der Waals surface area contributed by atoms with Crippen molar-refractivity contribution in [2.24, 2.45) is 0 Å². The molecule has 3 aromatic carbocycles. The van der Waals surface area contributed by atoms with Crippen LogP contribution in [0.4, 0.5) is 0 Å². The molecule has 6 heteroatoms. The van der Waals surface area contributed by atoms with Crippen LogP contribution in [0, 0.1) is 0 Å². The number of aromatic nitrogens is 3. The minimum atomic E-state index is -0.138. The summed E-state index contributed by atoms with van der Waals surface area (Å²) >= 11 is 0. The second-order valence-corrected chi connectivity index (χ2v) is 6.07. The number of para-hydroxylation sites is 1. The van der Waals surface area contributed by atoms with Crippen molar-refractivity contribution in [3.8, 4) is 22.9 Å². The van der Waals surface area contributed by atoms with E-state index in [-0.39, 0.29) is 12.6 Å². The molecule has 27 heavy (non-hydrogen) atoms. The lowest BCUT2D eigenvalue weighted by Crippen LogP contribution is -2.05. The van der Waals surface area contributed by atoms with Crippen LogP contribution in [0.3, 0.4) is 0 Å². The van der Waals surface area contributed by atoms with Gasteiger partial charge in [0.05, 0.1) is 5.52 Å². The average Bonchev–Trinajstić information content (AvgIpc) is 3.21. The van der Waals surface area contributed by atoms with Gasteiger partial charge in [-0.05, 0) is 30.3 Å². The van der Waals surface area contributed by atoms with E-state index < -0.39 is 0 Å². The topological polar surface area (TPSA) is 74.2 Å². The fourth-order valence-electron chi connectivity index (χ4n) is 3.06. The molecule has 5 rings (SSSR count). The van der Waals surface area contributed by atoms with Crippen molar-refractivity contribution in [1.82, 2.24) is 15.2 Å². The Morgan fingerprint density at radius 2 is 1.59 bits per heavy atom. The normalized spacial score (nSPS) is 12.3. The number of hydrogen-bond donors (Lipinski definition) is 0. The fourth-order valence-corrected chi connectivity index (χ4v) is 3.06. The lowest BCUT2D eigenvalue weighted by molar-refractivity contribution is 0.103. The van der Waals surface area contributed by atoms with Crippen LogP contribution in [0.15, 0.2) is 66.7 Å². The third-order valence-corrected chi connectivity index (χ3v) is 4.41. The monoisotopic (exact) mass is 355 g/mol. The molecule has 1 aliphatic heterocycles. The number of rotatable bonds is 3. The van der Waals surface area contributed by atoms with Crippen LogP contribution in [0.1, 0.15) is 15.9 Å². The summed E-state index contributed by atoms with van der Waals surface area (Å²) in [6, 6.07) is 19.9. The summed E-state index contributed by atoms with van der Waals surface area (Å²) in [5.74, 6) is 1.49. The standard InChI is InChI=1S/C21H13N3O3/c25-20(13-9-10-18-19(11-13)27-12-26-18)14-5-1-2-6-15(14)21-22-16-7-3-4-8-17(16)23-24-21/h1-11H,12H2. The number of carbonyl (C=O) groups excluding carboxylic acids is 1. The van der Waals surface area contributed by atoms with Gasteiger partial charge < -0.3 is 9.47 Å². The van der Waals surface area contributed by atoms with Gasteiger partial charge in [0.2, 0.25) is 6.79 Å². The Morgan fingerprint density at radius 1 is 0.815 bits per heavy atom.